The lowest BCUT2D eigenvalue weighted by Crippen LogP contribution is -2.39. The zero-order valence-corrected chi connectivity index (χ0v) is 13.6. The molecule has 0 aliphatic carbocycles. The van der Waals surface area contributed by atoms with Crippen molar-refractivity contribution < 1.29 is 28.7 Å². The molecule has 0 atom stereocenters. The molecule has 9 heteroatoms. The van der Waals surface area contributed by atoms with Crippen molar-refractivity contribution in [3.05, 3.63) is 18.2 Å². The van der Waals surface area contributed by atoms with Gasteiger partial charge in [0.05, 0.1) is 0 Å². The van der Waals surface area contributed by atoms with E-state index in [1.165, 1.54) is 0 Å². The Morgan fingerprint density at radius 1 is 1.08 bits per heavy atom. The van der Waals surface area contributed by atoms with Crippen molar-refractivity contribution in [2.45, 2.75) is 13.3 Å². The summed E-state index contributed by atoms with van der Waals surface area (Å²) in [6.45, 7) is 2.26. The van der Waals surface area contributed by atoms with Gasteiger partial charge in [-0.25, -0.2) is 9.69 Å². The minimum absolute atomic E-state index is 0.143. The summed E-state index contributed by atoms with van der Waals surface area (Å²) in [7, 11) is 0. The number of hydrogen-bond donors (Lipinski definition) is 1. The first-order valence-corrected chi connectivity index (χ1v) is 7.88. The maximum atomic E-state index is 12.1. The summed E-state index contributed by atoms with van der Waals surface area (Å²) in [5, 5.41) is 2.57. The molecule has 1 saturated heterocycles. The van der Waals surface area contributed by atoms with E-state index in [4.69, 9.17) is 9.47 Å². The van der Waals surface area contributed by atoms with E-state index in [9.17, 15) is 19.2 Å². The fourth-order valence-corrected chi connectivity index (χ4v) is 2.58. The molecule has 0 radical (unpaired) electrons. The molecular weight excluding hydrogens is 330 g/mol. The molecule has 2 aliphatic rings. The Labute approximate surface area is 143 Å². The molecule has 1 aromatic rings. The average Bonchev–Trinajstić information content (AvgIpc) is 2.80. The normalized spacial score (nSPS) is 16.4. The molecule has 132 valence electrons. The first kappa shape index (κ1) is 16.7. The van der Waals surface area contributed by atoms with Crippen LogP contribution in [0.25, 0.3) is 0 Å². The summed E-state index contributed by atoms with van der Waals surface area (Å²) in [5.41, 5.74) is 0.435. The van der Waals surface area contributed by atoms with Gasteiger partial charge >= 0.3 is 17.8 Å². The second-order valence-electron chi connectivity index (χ2n) is 5.54. The van der Waals surface area contributed by atoms with E-state index in [1.807, 2.05) is 0 Å². The van der Waals surface area contributed by atoms with E-state index in [0.717, 1.165) is 4.90 Å². The summed E-state index contributed by atoms with van der Waals surface area (Å²) >= 11 is 0. The number of carbonyl (C=O) groups excluding carboxylic acids is 4. The number of rotatable bonds is 5. The third-order valence-electron chi connectivity index (χ3n) is 3.71. The number of anilines is 1. The van der Waals surface area contributed by atoms with Crippen LogP contribution >= 0.6 is 0 Å². The number of nitrogens with zero attached hydrogens (tertiary/aromatic N) is 2. The number of amides is 5. The van der Waals surface area contributed by atoms with Gasteiger partial charge in [-0.3, -0.25) is 19.3 Å². The van der Waals surface area contributed by atoms with Crippen LogP contribution in [-0.2, 0) is 14.4 Å². The Morgan fingerprint density at radius 3 is 2.48 bits per heavy atom. The molecule has 1 fully saturated rings. The molecule has 0 spiro atoms. The SMILES string of the molecule is CCCN1C(=O)C(=O)N(CC(=O)Nc2ccc3c(c2)OCCO3)C1=O. The number of fused-ring (bicyclic) bond motifs is 1. The first-order chi connectivity index (χ1) is 12.0. The van der Waals surface area contributed by atoms with Crippen molar-refractivity contribution in [3.63, 3.8) is 0 Å². The monoisotopic (exact) mass is 347 g/mol. The lowest BCUT2D eigenvalue weighted by Gasteiger charge is -2.19. The fourth-order valence-electron chi connectivity index (χ4n) is 2.58. The molecular formula is C16H17N3O6. The third kappa shape index (κ3) is 3.25. The second kappa shape index (κ2) is 6.80. The van der Waals surface area contributed by atoms with Gasteiger partial charge in [0.25, 0.3) is 0 Å². The summed E-state index contributed by atoms with van der Waals surface area (Å²) in [4.78, 5) is 49.4. The molecule has 1 N–H and O–H groups in total. The van der Waals surface area contributed by atoms with Gasteiger partial charge in [0.15, 0.2) is 11.5 Å². The zero-order chi connectivity index (χ0) is 18.0. The van der Waals surface area contributed by atoms with Gasteiger partial charge in [-0.15, -0.1) is 0 Å². The quantitative estimate of drug-likeness (QED) is 0.618. The Morgan fingerprint density at radius 2 is 1.76 bits per heavy atom. The summed E-state index contributed by atoms with van der Waals surface area (Å²) in [6, 6.07) is 4.10. The van der Waals surface area contributed by atoms with E-state index in [1.54, 1.807) is 25.1 Å². The number of nitrogens with one attached hydrogen (secondary N) is 1. The number of urea groups is 1. The fraction of sp³-hybridized carbons (Fsp3) is 0.375. The highest BCUT2D eigenvalue weighted by atomic mass is 16.6. The Balaban J connectivity index is 1.65. The lowest BCUT2D eigenvalue weighted by molar-refractivity contribution is -0.143. The number of ether oxygens (including phenoxy) is 2. The van der Waals surface area contributed by atoms with Crippen LogP contribution in [0.1, 0.15) is 13.3 Å². The van der Waals surface area contributed by atoms with E-state index < -0.39 is 30.3 Å². The van der Waals surface area contributed by atoms with Gasteiger partial charge in [-0.05, 0) is 18.6 Å². The van der Waals surface area contributed by atoms with Gasteiger partial charge in [0.1, 0.15) is 19.8 Å². The Hall–Kier alpha value is -3.10. The molecule has 0 bridgehead atoms. The average molecular weight is 347 g/mol. The van der Waals surface area contributed by atoms with Crippen molar-refractivity contribution in [1.82, 2.24) is 9.80 Å². The molecule has 3 rings (SSSR count). The highest BCUT2D eigenvalue weighted by molar-refractivity contribution is 6.45. The maximum absolute atomic E-state index is 12.1. The molecule has 0 aromatic heterocycles. The molecule has 0 saturated carbocycles. The van der Waals surface area contributed by atoms with Crippen molar-refractivity contribution in [2.75, 3.05) is 31.6 Å². The number of hydrogen-bond acceptors (Lipinski definition) is 6. The number of imide groups is 2. The first-order valence-electron chi connectivity index (χ1n) is 7.88. The molecule has 1 aromatic carbocycles. The highest BCUT2D eigenvalue weighted by Crippen LogP contribution is 2.32. The largest absolute Gasteiger partial charge is 0.486 e. The Kier molecular flexibility index (Phi) is 4.55. The standard InChI is InChI=1S/C16H17N3O6/c1-2-5-18-14(21)15(22)19(16(18)23)9-13(20)17-10-3-4-11-12(8-10)25-7-6-24-11/h3-4,8H,2,5-7,9H2,1H3,(H,17,20). The van der Waals surface area contributed by atoms with E-state index in [0.29, 0.717) is 41.7 Å². The van der Waals surface area contributed by atoms with Crippen molar-refractivity contribution in [3.8, 4) is 11.5 Å². The highest BCUT2D eigenvalue weighted by Gasteiger charge is 2.44. The van der Waals surface area contributed by atoms with Crippen molar-refractivity contribution in [1.29, 1.82) is 0 Å². The van der Waals surface area contributed by atoms with Crippen LogP contribution in [0.15, 0.2) is 18.2 Å². The van der Waals surface area contributed by atoms with Crippen molar-refractivity contribution in [2.24, 2.45) is 0 Å². The third-order valence-corrected chi connectivity index (χ3v) is 3.71. The van der Waals surface area contributed by atoms with Crippen LogP contribution < -0.4 is 14.8 Å². The summed E-state index contributed by atoms with van der Waals surface area (Å²) < 4.78 is 10.8. The summed E-state index contributed by atoms with van der Waals surface area (Å²) in [6.07, 6.45) is 0.530. The van der Waals surface area contributed by atoms with Gasteiger partial charge in [-0.2, -0.15) is 0 Å². The second-order valence-corrected chi connectivity index (χ2v) is 5.54. The summed E-state index contributed by atoms with van der Waals surface area (Å²) in [5.74, 6) is -1.41. The van der Waals surface area contributed by atoms with Crippen LogP contribution in [0.5, 0.6) is 11.5 Å². The van der Waals surface area contributed by atoms with Gasteiger partial charge < -0.3 is 14.8 Å². The molecule has 2 heterocycles. The molecule has 2 aliphatic heterocycles. The Bertz CT molecular complexity index is 747. The topological polar surface area (TPSA) is 105 Å². The maximum Gasteiger partial charge on any atom is 0.334 e. The van der Waals surface area contributed by atoms with Gasteiger partial charge in [-0.1, -0.05) is 6.92 Å². The zero-order valence-electron chi connectivity index (χ0n) is 13.6. The molecule has 9 nitrogen and oxygen atoms in total. The predicted molar refractivity (Wildman–Crippen MR) is 85.2 cm³/mol. The van der Waals surface area contributed by atoms with E-state index in [2.05, 4.69) is 5.32 Å². The van der Waals surface area contributed by atoms with Crippen LogP contribution in [-0.4, -0.2) is 59.9 Å². The van der Waals surface area contributed by atoms with Crippen LogP contribution in [0.4, 0.5) is 10.5 Å². The lowest BCUT2D eigenvalue weighted by atomic mass is 10.2. The van der Waals surface area contributed by atoms with E-state index in [-0.39, 0.29) is 6.54 Å². The van der Waals surface area contributed by atoms with Crippen LogP contribution in [0.3, 0.4) is 0 Å². The minimum Gasteiger partial charge on any atom is -0.486 e. The van der Waals surface area contributed by atoms with Gasteiger partial charge in [0, 0.05) is 18.3 Å². The number of benzene rings is 1. The van der Waals surface area contributed by atoms with Crippen LogP contribution in [0, 0.1) is 0 Å². The predicted octanol–water partition coefficient (Wildman–Crippen LogP) is 0.597. The number of carbonyl (C=O) groups is 4. The smallest absolute Gasteiger partial charge is 0.334 e. The van der Waals surface area contributed by atoms with Gasteiger partial charge in [0.2, 0.25) is 5.91 Å². The van der Waals surface area contributed by atoms with Crippen molar-refractivity contribution >= 4 is 29.4 Å². The minimum atomic E-state index is -0.990. The van der Waals surface area contributed by atoms with E-state index >= 15 is 0 Å². The molecule has 25 heavy (non-hydrogen) atoms. The molecule has 5 amide bonds. The molecule has 0 unspecified atom stereocenters. The van der Waals surface area contributed by atoms with Crippen LogP contribution in [0.2, 0.25) is 0 Å².